The van der Waals surface area contributed by atoms with Gasteiger partial charge in [-0.2, -0.15) is 0 Å². The fraction of sp³-hybridized carbons (Fsp3) is 0.333. The molecule has 1 aliphatic heterocycles. The van der Waals surface area contributed by atoms with Gasteiger partial charge >= 0.3 is 5.97 Å². The molecular formula is C21H22FNO4. The highest BCUT2D eigenvalue weighted by atomic mass is 19.1. The number of carbonyl (C=O) groups excluding carboxylic acids is 1. The monoisotopic (exact) mass is 371 g/mol. The first kappa shape index (κ1) is 19.0. The largest absolute Gasteiger partial charge is 0.478 e. The number of rotatable bonds is 5. The lowest BCUT2D eigenvalue weighted by atomic mass is 9.99. The molecule has 1 heterocycles. The molecule has 1 aliphatic rings. The number of carboxylic acids is 1. The van der Waals surface area contributed by atoms with Gasteiger partial charge in [0, 0.05) is 13.0 Å². The van der Waals surface area contributed by atoms with Gasteiger partial charge in [0.05, 0.1) is 18.2 Å². The minimum atomic E-state index is -0.996. The predicted molar refractivity (Wildman–Crippen MR) is 98.0 cm³/mol. The van der Waals surface area contributed by atoms with Gasteiger partial charge in [-0.15, -0.1) is 0 Å². The molecule has 0 radical (unpaired) electrons. The lowest BCUT2D eigenvalue weighted by Gasteiger charge is -2.39. The maximum absolute atomic E-state index is 13.5. The van der Waals surface area contributed by atoms with Gasteiger partial charge < -0.3 is 14.7 Å². The molecule has 0 bridgehead atoms. The molecule has 1 amide bonds. The van der Waals surface area contributed by atoms with Crippen LogP contribution in [0.3, 0.4) is 0 Å². The number of morpholine rings is 1. The minimum absolute atomic E-state index is 0.0626. The highest BCUT2D eigenvalue weighted by molar-refractivity contribution is 5.89. The zero-order valence-electron chi connectivity index (χ0n) is 15.1. The lowest BCUT2D eigenvalue weighted by Crippen LogP contribution is -2.48. The summed E-state index contributed by atoms with van der Waals surface area (Å²) in [6.45, 7) is 2.73. The fourth-order valence-electron chi connectivity index (χ4n) is 3.53. The second kappa shape index (κ2) is 8.31. The third-order valence-electron chi connectivity index (χ3n) is 4.91. The molecule has 2 aromatic carbocycles. The molecule has 3 rings (SSSR count). The molecule has 142 valence electrons. The number of carboxylic acid groups (broad SMARTS) is 1. The summed E-state index contributed by atoms with van der Waals surface area (Å²) in [6.07, 6.45) is 0.185. The minimum Gasteiger partial charge on any atom is -0.478 e. The van der Waals surface area contributed by atoms with Gasteiger partial charge in [-0.1, -0.05) is 30.3 Å². The highest BCUT2D eigenvalue weighted by Gasteiger charge is 2.32. The molecule has 5 nitrogen and oxygen atoms in total. The standard InChI is InChI=1S/C21H22FNO4/c1-14-20(16-6-4-7-17(22)13-16)27-12-11-23(14)19(24)10-9-15-5-2-3-8-18(15)21(25)26/h2-8,13-14,20H,9-12H2,1H3,(H,25,26)/t14-,20+/m1/s1. The van der Waals surface area contributed by atoms with E-state index < -0.39 is 5.97 Å². The van der Waals surface area contributed by atoms with Crippen LogP contribution < -0.4 is 0 Å². The Bertz CT molecular complexity index is 838. The Morgan fingerprint density at radius 1 is 1.22 bits per heavy atom. The number of aromatic carboxylic acids is 1. The normalized spacial score (nSPS) is 19.7. The van der Waals surface area contributed by atoms with Crippen LogP contribution in [0.4, 0.5) is 4.39 Å². The van der Waals surface area contributed by atoms with Crippen LogP contribution in [0.1, 0.15) is 40.9 Å². The number of benzene rings is 2. The Morgan fingerprint density at radius 3 is 2.74 bits per heavy atom. The predicted octanol–water partition coefficient (Wildman–Crippen LogP) is 3.45. The van der Waals surface area contributed by atoms with E-state index in [1.54, 1.807) is 41.3 Å². The molecule has 1 saturated heterocycles. The molecule has 6 heteroatoms. The number of nitrogens with zero attached hydrogens (tertiary/aromatic N) is 1. The van der Waals surface area contributed by atoms with Gasteiger partial charge in [0.2, 0.25) is 5.91 Å². The first-order valence-electron chi connectivity index (χ1n) is 8.95. The summed E-state index contributed by atoms with van der Waals surface area (Å²) in [5, 5.41) is 9.26. The number of ether oxygens (including phenoxy) is 1. The summed E-state index contributed by atoms with van der Waals surface area (Å²) in [6, 6.07) is 12.7. The first-order chi connectivity index (χ1) is 13.0. The van der Waals surface area contributed by atoms with Gasteiger partial charge in [0.15, 0.2) is 0 Å². The summed E-state index contributed by atoms with van der Waals surface area (Å²) in [5.74, 6) is -1.40. The molecule has 0 aliphatic carbocycles. The van der Waals surface area contributed by atoms with Crippen LogP contribution in [0.5, 0.6) is 0 Å². The molecule has 1 N–H and O–H groups in total. The summed E-state index contributed by atoms with van der Waals surface area (Å²) >= 11 is 0. The van der Waals surface area contributed by atoms with Gasteiger partial charge in [-0.05, 0) is 42.7 Å². The number of amides is 1. The molecule has 0 spiro atoms. The number of hydrogen-bond donors (Lipinski definition) is 1. The number of halogens is 1. The average molecular weight is 371 g/mol. The van der Waals surface area contributed by atoms with E-state index in [1.165, 1.54) is 12.1 Å². The first-order valence-corrected chi connectivity index (χ1v) is 8.95. The van der Waals surface area contributed by atoms with Crippen molar-refractivity contribution in [3.8, 4) is 0 Å². The van der Waals surface area contributed by atoms with Gasteiger partial charge in [-0.3, -0.25) is 4.79 Å². The smallest absolute Gasteiger partial charge is 0.335 e. The van der Waals surface area contributed by atoms with E-state index in [2.05, 4.69) is 0 Å². The molecule has 0 unspecified atom stereocenters. The quantitative estimate of drug-likeness (QED) is 0.874. The SMILES string of the molecule is C[C@@H]1[C@@H](c2cccc(F)c2)OCCN1C(=O)CCc1ccccc1C(=O)O. The zero-order chi connectivity index (χ0) is 19.4. The van der Waals surface area contributed by atoms with Crippen LogP contribution in [-0.2, 0) is 16.0 Å². The van der Waals surface area contributed by atoms with Gasteiger partial charge in [-0.25, -0.2) is 9.18 Å². The van der Waals surface area contributed by atoms with Crippen LogP contribution in [0, 0.1) is 5.82 Å². The van der Waals surface area contributed by atoms with Crippen molar-refractivity contribution in [3.05, 3.63) is 71.0 Å². The Morgan fingerprint density at radius 2 is 2.00 bits per heavy atom. The summed E-state index contributed by atoms with van der Waals surface area (Å²) in [4.78, 5) is 25.8. The van der Waals surface area contributed by atoms with Crippen LogP contribution in [0.2, 0.25) is 0 Å². The molecule has 1 fully saturated rings. The topological polar surface area (TPSA) is 66.8 Å². The van der Waals surface area contributed by atoms with Crippen molar-refractivity contribution >= 4 is 11.9 Å². The van der Waals surface area contributed by atoms with E-state index in [4.69, 9.17) is 4.74 Å². The Labute approximate surface area is 157 Å². The van der Waals surface area contributed by atoms with Gasteiger partial charge in [0.25, 0.3) is 0 Å². The van der Waals surface area contributed by atoms with Crippen molar-refractivity contribution in [2.45, 2.75) is 31.9 Å². The molecule has 27 heavy (non-hydrogen) atoms. The van der Waals surface area contributed by atoms with Crippen molar-refractivity contribution in [3.63, 3.8) is 0 Å². The second-order valence-corrected chi connectivity index (χ2v) is 6.64. The number of carbonyl (C=O) groups is 2. The Kier molecular flexibility index (Phi) is 5.86. The average Bonchev–Trinajstić information content (AvgIpc) is 2.66. The van der Waals surface area contributed by atoms with Crippen molar-refractivity contribution in [2.75, 3.05) is 13.2 Å². The van der Waals surface area contributed by atoms with E-state index in [0.29, 0.717) is 30.7 Å². The zero-order valence-corrected chi connectivity index (χ0v) is 15.1. The molecular weight excluding hydrogens is 349 g/mol. The Hall–Kier alpha value is -2.73. The summed E-state index contributed by atoms with van der Waals surface area (Å²) in [7, 11) is 0. The van der Waals surface area contributed by atoms with Crippen molar-refractivity contribution < 1.29 is 23.8 Å². The maximum Gasteiger partial charge on any atom is 0.335 e. The van der Waals surface area contributed by atoms with E-state index in [9.17, 15) is 19.1 Å². The third kappa shape index (κ3) is 4.34. The second-order valence-electron chi connectivity index (χ2n) is 6.64. The van der Waals surface area contributed by atoms with E-state index >= 15 is 0 Å². The molecule has 0 aromatic heterocycles. The van der Waals surface area contributed by atoms with E-state index in [0.717, 1.165) is 0 Å². The summed E-state index contributed by atoms with van der Waals surface area (Å²) < 4.78 is 19.3. The Balaban J connectivity index is 1.69. The van der Waals surface area contributed by atoms with Crippen molar-refractivity contribution in [1.82, 2.24) is 4.90 Å². The fourth-order valence-corrected chi connectivity index (χ4v) is 3.53. The van der Waals surface area contributed by atoms with Crippen LogP contribution in [-0.4, -0.2) is 41.1 Å². The molecule has 0 saturated carbocycles. The van der Waals surface area contributed by atoms with Crippen LogP contribution in [0.25, 0.3) is 0 Å². The lowest BCUT2D eigenvalue weighted by molar-refractivity contribution is -0.145. The maximum atomic E-state index is 13.5. The molecule has 2 atom stereocenters. The van der Waals surface area contributed by atoms with Crippen LogP contribution in [0.15, 0.2) is 48.5 Å². The highest BCUT2D eigenvalue weighted by Crippen LogP contribution is 2.29. The molecule has 2 aromatic rings. The van der Waals surface area contributed by atoms with E-state index in [1.807, 2.05) is 6.92 Å². The van der Waals surface area contributed by atoms with Crippen LogP contribution >= 0.6 is 0 Å². The summed E-state index contributed by atoms with van der Waals surface area (Å²) in [5.41, 5.74) is 1.56. The third-order valence-corrected chi connectivity index (χ3v) is 4.91. The number of hydrogen-bond acceptors (Lipinski definition) is 3. The van der Waals surface area contributed by atoms with E-state index in [-0.39, 0.29) is 35.9 Å². The van der Waals surface area contributed by atoms with Gasteiger partial charge in [0.1, 0.15) is 11.9 Å². The van der Waals surface area contributed by atoms with Crippen molar-refractivity contribution in [1.29, 1.82) is 0 Å². The number of aryl methyl sites for hydroxylation is 1. The van der Waals surface area contributed by atoms with Crippen molar-refractivity contribution in [2.24, 2.45) is 0 Å².